The van der Waals surface area contributed by atoms with Gasteiger partial charge in [-0.3, -0.25) is 0 Å². The highest BCUT2D eigenvalue weighted by Gasteiger charge is 2.17. The minimum absolute atomic E-state index is 0.134. The van der Waals surface area contributed by atoms with E-state index in [1.54, 1.807) is 7.11 Å². The van der Waals surface area contributed by atoms with Crippen molar-refractivity contribution in [3.05, 3.63) is 39.9 Å². The van der Waals surface area contributed by atoms with E-state index in [1.165, 1.54) is 22.7 Å². The average molecular weight is 263 g/mol. The number of methoxy groups -OCH3 is 1. The highest BCUT2D eigenvalue weighted by Crippen LogP contribution is 2.30. The molecule has 1 N–H and O–H groups in total. The normalized spacial score (nSPS) is 12.4. The molecular formula is C13H17N3OS. The van der Waals surface area contributed by atoms with Crippen LogP contribution in [0.4, 0.5) is 0 Å². The van der Waals surface area contributed by atoms with Gasteiger partial charge in [0.15, 0.2) is 0 Å². The number of aromatic nitrogens is 2. The van der Waals surface area contributed by atoms with E-state index < -0.39 is 0 Å². The van der Waals surface area contributed by atoms with Crippen LogP contribution in [0.25, 0.3) is 0 Å². The van der Waals surface area contributed by atoms with Crippen LogP contribution < -0.4 is 10.1 Å². The molecule has 1 unspecified atom stereocenters. The number of nitrogens with zero attached hydrogens (tertiary/aromatic N) is 2. The van der Waals surface area contributed by atoms with E-state index in [2.05, 4.69) is 40.9 Å². The lowest BCUT2D eigenvalue weighted by atomic mass is 9.97. The molecule has 0 saturated carbocycles. The van der Waals surface area contributed by atoms with E-state index in [1.807, 2.05) is 13.2 Å². The Kier molecular flexibility index (Phi) is 3.93. The first-order valence-electron chi connectivity index (χ1n) is 5.77. The zero-order valence-corrected chi connectivity index (χ0v) is 11.8. The number of hydrogen-bond donors (Lipinski definition) is 1. The smallest absolute Gasteiger partial charge is 0.122 e. The highest BCUT2D eigenvalue weighted by molar-refractivity contribution is 7.05. The molecule has 0 aliphatic carbocycles. The first kappa shape index (κ1) is 13.0. The van der Waals surface area contributed by atoms with E-state index >= 15 is 0 Å². The van der Waals surface area contributed by atoms with Crippen LogP contribution in [-0.2, 0) is 0 Å². The molecular weight excluding hydrogens is 246 g/mol. The molecule has 1 aromatic heterocycles. The number of nitrogens with one attached hydrogen (secondary N) is 1. The molecule has 2 rings (SSSR count). The fraction of sp³-hybridized carbons (Fsp3) is 0.385. The van der Waals surface area contributed by atoms with Gasteiger partial charge in [0.1, 0.15) is 5.75 Å². The Labute approximate surface area is 111 Å². The second kappa shape index (κ2) is 5.46. The third kappa shape index (κ3) is 2.37. The van der Waals surface area contributed by atoms with Crippen molar-refractivity contribution in [1.29, 1.82) is 0 Å². The molecule has 0 amide bonds. The number of ether oxygens (including phenoxy) is 1. The van der Waals surface area contributed by atoms with Gasteiger partial charge < -0.3 is 10.1 Å². The molecule has 4 nitrogen and oxygen atoms in total. The summed E-state index contributed by atoms with van der Waals surface area (Å²) in [6.45, 7) is 4.15. The minimum atomic E-state index is 0.134. The Morgan fingerprint density at radius 3 is 2.61 bits per heavy atom. The average Bonchev–Trinajstić information content (AvgIpc) is 2.87. The van der Waals surface area contributed by atoms with Crippen LogP contribution in [0, 0.1) is 13.8 Å². The third-order valence-electron chi connectivity index (χ3n) is 3.05. The Morgan fingerprint density at radius 2 is 2.06 bits per heavy atom. The van der Waals surface area contributed by atoms with Crippen LogP contribution in [-0.4, -0.2) is 23.7 Å². The second-order valence-corrected chi connectivity index (χ2v) is 5.04. The molecule has 1 atom stereocenters. The highest BCUT2D eigenvalue weighted by atomic mass is 32.1. The number of benzene rings is 1. The molecule has 0 bridgehead atoms. The second-order valence-electron chi connectivity index (χ2n) is 4.22. The van der Waals surface area contributed by atoms with Crippen LogP contribution in [0.5, 0.6) is 5.75 Å². The van der Waals surface area contributed by atoms with Gasteiger partial charge >= 0.3 is 0 Å². The van der Waals surface area contributed by atoms with Gasteiger partial charge in [-0.25, -0.2) is 0 Å². The summed E-state index contributed by atoms with van der Waals surface area (Å²) in [5, 5.41) is 7.22. The molecule has 2 aromatic rings. The standard InChI is InChI=1S/C13H17N3OS/c1-8-6-11(17-4)9(2)5-10(8)13(14-3)12-7-15-16-18-12/h5-7,13-14H,1-4H3. The molecule has 18 heavy (non-hydrogen) atoms. The summed E-state index contributed by atoms with van der Waals surface area (Å²) in [5.74, 6) is 0.925. The third-order valence-corrected chi connectivity index (χ3v) is 3.77. The molecule has 0 aliphatic heterocycles. The summed E-state index contributed by atoms with van der Waals surface area (Å²) >= 11 is 1.42. The van der Waals surface area contributed by atoms with Crippen LogP contribution in [0.2, 0.25) is 0 Å². The Hall–Kier alpha value is -1.46. The number of rotatable bonds is 4. The van der Waals surface area contributed by atoms with E-state index in [0.29, 0.717) is 0 Å². The van der Waals surface area contributed by atoms with Gasteiger partial charge in [-0.05, 0) is 55.2 Å². The van der Waals surface area contributed by atoms with Gasteiger partial charge in [-0.15, -0.1) is 5.10 Å². The molecule has 0 radical (unpaired) electrons. The lowest BCUT2D eigenvalue weighted by Gasteiger charge is -2.18. The predicted octanol–water partition coefficient (Wildman–Crippen LogP) is 2.47. The Bertz CT molecular complexity index is 525. The van der Waals surface area contributed by atoms with Crippen molar-refractivity contribution in [2.24, 2.45) is 0 Å². The fourth-order valence-corrected chi connectivity index (χ4v) is 2.73. The quantitative estimate of drug-likeness (QED) is 0.920. The van der Waals surface area contributed by atoms with Gasteiger partial charge in [0.25, 0.3) is 0 Å². The zero-order valence-electron chi connectivity index (χ0n) is 11.0. The van der Waals surface area contributed by atoms with Gasteiger partial charge in [0.05, 0.1) is 24.2 Å². The number of aryl methyl sites for hydroxylation is 2. The predicted molar refractivity (Wildman–Crippen MR) is 73.3 cm³/mol. The molecule has 0 saturated heterocycles. The fourth-order valence-electron chi connectivity index (χ4n) is 2.10. The van der Waals surface area contributed by atoms with Gasteiger partial charge in [0, 0.05) is 0 Å². The first-order valence-corrected chi connectivity index (χ1v) is 6.54. The van der Waals surface area contributed by atoms with Crippen LogP contribution in [0.3, 0.4) is 0 Å². The molecule has 0 spiro atoms. The minimum Gasteiger partial charge on any atom is -0.496 e. The summed E-state index contributed by atoms with van der Waals surface area (Å²) in [6, 6.07) is 4.37. The van der Waals surface area contributed by atoms with Gasteiger partial charge in [-0.1, -0.05) is 10.6 Å². The summed E-state index contributed by atoms with van der Waals surface area (Å²) in [4.78, 5) is 1.12. The van der Waals surface area contributed by atoms with Crippen molar-refractivity contribution >= 4 is 11.5 Å². The lowest BCUT2D eigenvalue weighted by molar-refractivity contribution is 0.411. The Morgan fingerprint density at radius 1 is 1.28 bits per heavy atom. The monoisotopic (exact) mass is 263 g/mol. The molecule has 1 heterocycles. The molecule has 1 aromatic carbocycles. The topological polar surface area (TPSA) is 47.0 Å². The summed E-state index contributed by atoms with van der Waals surface area (Å²) in [5.41, 5.74) is 3.57. The maximum absolute atomic E-state index is 5.34. The zero-order chi connectivity index (χ0) is 13.1. The SMILES string of the molecule is CNC(c1cnns1)c1cc(C)c(OC)cc1C. The van der Waals surface area contributed by atoms with E-state index in [4.69, 9.17) is 4.74 Å². The lowest BCUT2D eigenvalue weighted by Crippen LogP contribution is -2.18. The number of hydrogen-bond acceptors (Lipinski definition) is 5. The van der Waals surface area contributed by atoms with E-state index in [-0.39, 0.29) is 6.04 Å². The molecule has 0 fully saturated rings. The molecule has 0 aliphatic rings. The van der Waals surface area contributed by atoms with Crippen molar-refractivity contribution in [2.75, 3.05) is 14.2 Å². The molecule has 5 heteroatoms. The summed E-state index contributed by atoms with van der Waals surface area (Å²) < 4.78 is 9.27. The maximum atomic E-state index is 5.34. The van der Waals surface area contributed by atoms with E-state index in [0.717, 1.165) is 16.2 Å². The molecule has 96 valence electrons. The van der Waals surface area contributed by atoms with Crippen molar-refractivity contribution in [3.63, 3.8) is 0 Å². The Balaban J connectivity index is 2.46. The summed E-state index contributed by atoms with van der Waals surface area (Å²) in [7, 11) is 3.65. The maximum Gasteiger partial charge on any atom is 0.122 e. The van der Waals surface area contributed by atoms with Gasteiger partial charge in [-0.2, -0.15) is 0 Å². The van der Waals surface area contributed by atoms with Crippen molar-refractivity contribution < 1.29 is 4.74 Å². The van der Waals surface area contributed by atoms with Crippen LogP contribution in [0.15, 0.2) is 18.3 Å². The summed E-state index contributed by atoms with van der Waals surface area (Å²) in [6.07, 6.45) is 1.81. The van der Waals surface area contributed by atoms with Gasteiger partial charge in [0.2, 0.25) is 0 Å². The van der Waals surface area contributed by atoms with Crippen molar-refractivity contribution in [1.82, 2.24) is 14.9 Å². The van der Waals surface area contributed by atoms with Crippen LogP contribution in [0.1, 0.15) is 27.6 Å². The largest absolute Gasteiger partial charge is 0.496 e. The van der Waals surface area contributed by atoms with E-state index in [9.17, 15) is 0 Å². The van der Waals surface area contributed by atoms with Crippen LogP contribution >= 0.6 is 11.5 Å². The van der Waals surface area contributed by atoms with Crippen molar-refractivity contribution in [2.45, 2.75) is 19.9 Å². The van der Waals surface area contributed by atoms with Crippen molar-refractivity contribution in [3.8, 4) is 5.75 Å². The first-order chi connectivity index (χ1) is 8.67.